The molecule has 0 radical (unpaired) electrons. The molecule has 1 aliphatic rings. The molecule has 0 aliphatic carbocycles. The summed E-state index contributed by atoms with van der Waals surface area (Å²) in [6, 6.07) is 7.67. The normalized spacial score (nSPS) is 15.6. The van der Waals surface area contributed by atoms with Crippen LogP contribution in [0.15, 0.2) is 28.8 Å². The molecule has 1 saturated heterocycles. The molecule has 1 aliphatic heterocycles. The Morgan fingerprint density at radius 2 is 2.00 bits per heavy atom. The molecule has 1 amide bonds. The predicted octanol–water partition coefficient (Wildman–Crippen LogP) is 2.87. The Balaban J connectivity index is 1.50. The largest absolute Gasteiger partial charge is 0.494 e. The number of amides is 1. The van der Waals surface area contributed by atoms with Gasteiger partial charge in [0.05, 0.1) is 13.2 Å². The fourth-order valence-corrected chi connectivity index (χ4v) is 3.24. The number of carbonyl (C=O) groups is 1. The van der Waals surface area contributed by atoms with Gasteiger partial charge in [0.15, 0.2) is 0 Å². The van der Waals surface area contributed by atoms with Crippen LogP contribution in [0, 0.1) is 5.92 Å². The third kappa shape index (κ3) is 5.29. The van der Waals surface area contributed by atoms with E-state index in [1.807, 2.05) is 31.2 Å². The second-order valence-electron chi connectivity index (χ2n) is 6.81. The first-order valence-electron chi connectivity index (χ1n) is 9.75. The van der Waals surface area contributed by atoms with Crippen molar-refractivity contribution in [1.82, 2.24) is 20.4 Å². The van der Waals surface area contributed by atoms with Crippen LogP contribution < -0.4 is 10.1 Å². The van der Waals surface area contributed by atoms with Crippen LogP contribution in [0.25, 0.3) is 11.4 Å². The number of likely N-dealkylation sites (tertiary alicyclic amines) is 1. The van der Waals surface area contributed by atoms with Gasteiger partial charge < -0.3 is 14.6 Å². The lowest BCUT2D eigenvalue weighted by atomic mass is 9.96. The van der Waals surface area contributed by atoms with E-state index in [-0.39, 0.29) is 11.8 Å². The lowest BCUT2D eigenvalue weighted by Crippen LogP contribution is -2.40. The van der Waals surface area contributed by atoms with Crippen LogP contribution in [-0.4, -0.2) is 47.2 Å². The van der Waals surface area contributed by atoms with Crippen LogP contribution in [0.5, 0.6) is 5.75 Å². The summed E-state index contributed by atoms with van der Waals surface area (Å²) < 4.78 is 10.9. The number of nitrogens with one attached hydrogen (secondary N) is 1. The van der Waals surface area contributed by atoms with Gasteiger partial charge in [0.2, 0.25) is 17.6 Å². The van der Waals surface area contributed by atoms with Crippen molar-refractivity contribution >= 4 is 5.91 Å². The lowest BCUT2D eigenvalue weighted by Gasteiger charge is -2.30. The maximum Gasteiger partial charge on any atom is 0.241 e. The number of rotatable bonds is 8. The second-order valence-corrected chi connectivity index (χ2v) is 6.81. The molecule has 0 spiro atoms. The van der Waals surface area contributed by atoms with Crippen molar-refractivity contribution in [3.8, 4) is 17.1 Å². The van der Waals surface area contributed by atoms with Gasteiger partial charge in [0.1, 0.15) is 5.75 Å². The number of benzene rings is 1. The maximum absolute atomic E-state index is 12.1. The van der Waals surface area contributed by atoms with E-state index < -0.39 is 0 Å². The van der Waals surface area contributed by atoms with Crippen LogP contribution in [0.2, 0.25) is 0 Å². The van der Waals surface area contributed by atoms with Crippen molar-refractivity contribution in [1.29, 1.82) is 0 Å². The second kappa shape index (κ2) is 9.50. The Hall–Kier alpha value is -2.41. The zero-order valence-corrected chi connectivity index (χ0v) is 16.1. The maximum atomic E-state index is 12.1. The van der Waals surface area contributed by atoms with Gasteiger partial charge in [0, 0.05) is 18.0 Å². The number of hydrogen-bond acceptors (Lipinski definition) is 6. The smallest absolute Gasteiger partial charge is 0.241 e. The summed E-state index contributed by atoms with van der Waals surface area (Å²) in [4.78, 5) is 18.8. The number of nitrogens with zero attached hydrogens (tertiary/aromatic N) is 3. The topological polar surface area (TPSA) is 80.5 Å². The average molecular weight is 372 g/mol. The summed E-state index contributed by atoms with van der Waals surface area (Å²) in [5.74, 6) is 2.33. The molecule has 0 saturated carbocycles. The first-order valence-corrected chi connectivity index (χ1v) is 9.75. The Morgan fingerprint density at radius 3 is 2.67 bits per heavy atom. The molecular formula is C20H28N4O3. The van der Waals surface area contributed by atoms with E-state index in [1.165, 1.54) is 0 Å². The van der Waals surface area contributed by atoms with E-state index in [1.54, 1.807) is 0 Å². The molecule has 7 nitrogen and oxygen atoms in total. The van der Waals surface area contributed by atoms with Gasteiger partial charge in [-0.3, -0.25) is 9.69 Å². The molecule has 1 aromatic carbocycles. The molecule has 0 atom stereocenters. The Morgan fingerprint density at radius 1 is 1.26 bits per heavy atom. The summed E-state index contributed by atoms with van der Waals surface area (Å²) >= 11 is 0. The minimum atomic E-state index is 0.120. The van der Waals surface area contributed by atoms with Crippen molar-refractivity contribution in [2.45, 2.75) is 39.7 Å². The summed E-state index contributed by atoms with van der Waals surface area (Å²) in [6.45, 7) is 7.77. The van der Waals surface area contributed by atoms with Gasteiger partial charge in [-0.25, -0.2) is 0 Å². The number of piperidine rings is 1. The van der Waals surface area contributed by atoms with E-state index in [2.05, 4.69) is 27.3 Å². The van der Waals surface area contributed by atoms with Crippen LogP contribution in [0.3, 0.4) is 0 Å². The zero-order valence-electron chi connectivity index (χ0n) is 16.1. The molecule has 7 heteroatoms. The lowest BCUT2D eigenvalue weighted by molar-refractivity contribution is -0.126. The van der Waals surface area contributed by atoms with Crippen molar-refractivity contribution in [3.63, 3.8) is 0 Å². The Kier molecular flexibility index (Phi) is 6.81. The predicted molar refractivity (Wildman–Crippen MR) is 102 cm³/mol. The minimum absolute atomic E-state index is 0.120. The van der Waals surface area contributed by atoms with E-state index >= 15 is 0 Å². The van der Waals surface area contributed by atoms with Crippen molar-refractivity contribution in [2.75, 3.05) is 26.2 Å². The number of hydrogen-bond donors (Lipinski definition) is 1. The summed E-state index contributed by atoms with van der Waals surface area (Å²) in [7, 11) is 0. The molecular weight excluding hydrogens is 344 g/mol. The first kappa shape index (κ1) is 19.4. The van der Waals surface area contributed by atoms with Gasteiger partial charge in [-0.1, -0.05) is 12.1 Å². The molecule has 0 unspecified atom stereocenters. The number of aromatic nitrogens is 2. The van der Waals surface area contributed by atoms with Crippen molar-refractivity contribution in [2.24, 2.45) is 5.92 Å². The van der Waals surface area contributed by atoms with Gasteiger partial charge in [-0.05, 0) is 63.5 Å². The molecule has 3 rings (SSSR count). The fourth-order valence-electron chi connectivity index (χ4n) is 3.24. The minimum Gasteiger partial charge on any atom is -0.494 e. The SMILES string of the molecule is CCCNC(=O)C1CCN(Cc2nc(-c3ccc(OCC)cc3)no2)CC1. The highest BCUT2D eigenvalue weighted by molar-refractivity contribution is 5.78. The third-order valence-electron chi connectivity index (χ3n) is 4.76. The van der Waals surface area contributed by atoms with Crippen LogP contribution in [0.1, 0.15) is 39.0 Å². The quantitative estimate of drug-likeness (QED) is 0.767. The molecule has 1 N–H and O–H groups in total. The fraction of sp³-hybridized carbons (Fsp3) is 0.550. The molecule has 1 fully saturated rings. The monoisotopic (exact) mass is 372 g/mol. The Labute approximate surface area is 160 Å². The highest BCUT2D eigenvalue weighted by atomic mass is 16.5. The first-order chi connectivity index (χ1) is 13.2. The van der Waals surface area contributed by atoms with Gasteiger partial charge >= 0.3 is 0 Å². The molecule has 0 bridgehead atoms. The van der Waals surface area contributed by atoms with Crippen LogP contribution in [-0.2, 0) is 11.3 Å². The third-order valence-corrected chi connectivity index (χ3v) is 4.76. The standard InChI is InChI=1S/C20H28N4O3/c1-3-11-21-20(25)16-9-12-24(13-10-16)14-18-22-19(23-27-18)15-5-7-17(8-6-15)26-4-2/h5-8,16H,3-4,9-14H2,1-2H3,(H,21,25). The summed E-state index contributed by atoms with van der Waals surface area (Å²) in [5.41, 5.74) is 0.903. The highest BCUT2D eigenvalue weighted by Crippen LogP contribution is 2.22. The Bertz CT molecular complexity index is 721. The van der Waals surface area contributed by atoms with E-state index in [4.69, 9.17) is 9.26 Å². The van der Waals surface area contributed by atoms with Crippen LogP contribution >= 0.6 is 0 Å². The van der Waals surface area contributed by atoms with Gasteiger partial charge in [-0.15, -0.1) is 0 Å². The molecule has 146 valence electrons. The molecule has 2 aromatic rings. The molecule has 1 aromatic heterocycles. The van der Waals surface area contributed by atoms with Gasteiger partial charge in [0.25, 0.3) is 0 Å². The van der Waals surface area contributed by atoms with Crippen LogP contribution in [0.4, 0.5) is 0 Å². The van der Waals surface area contributed by atoms with Crippen molar-refractivity contribution < 1.29 is 14.1 Å². The van der Waals surface area contributed by atoms with E-state index in [0.29, 0.717) is 24.9 Å². The summed E-state index contributed by atoms with van der Waals surface area (Å²) in [6.07, 6.45) is 2.71. The summed E-state index contributed by atoms with van der Waals surface area (Å²) in [5, 5.41) is 7.08. The highest BCUT2D eigenvalue weighted by Gasteiger charge is 2.25. The van der Waals surface area contributed by atoms with Gasteiger partial charge in [-0.2, -0.15) is 4.98 Å². The van der Waals surface area contributed by atoms with E-state index in [9.17, 15) is 4.79 Å². The van der Waals surface area contributed by atoms with E-state index in [0.717, 1.165) is 50.2 Å². The number of ether oxygens (including phenoxy) is 1. The molecule has 2 heterocycles. The zero-order chi connectivity index (χ0) is 19.1. The molecule has 27 heavy (non-hydrogen) atoms. The van der Waals surface area contributed by atoms with Crippen molar-refractivity contribution in [3.05, 3.63) is 30.2 Å². The number of carbonyl (C=O) groups excluding carboxylic acids is 1. The average Bonchev–Trinajstić information content (AvgIpc) is 3.16.